The minimum Gasteiger partial charge on any atom is -0.395 e. The van der Waals surface area contributed by atoms with E-state index >= 15 is 0 Å². The molecule has 10 nitrogen and oxygen atoms in total. The predicted octanol–water partition coefficient (Wildman–Crippen LogP) is 2.39. The smallest absolute Gasteiger partial charge is 0.233 e. The van der Waals surface area contributed by atoms with E-state index in [1.807, 2.05) is 56.3 Å². The summed E-state index contributed by atoms with van der Waals surface area (Å²) in [6.45, 7) is 7.99. The molecule has 10 heteroatoms. The normalized spacial score (nSPS) is 18.8. The Morgan fingerprint density at radius 3 is 2.57 bits per heavy atom. The predicted molar refractivity (Wildman–Crippen MR) is 138 cm³/mol. The van der Waals surface area contributed by atoms with Crippen molar-refractivity contribution in [2.24, 2.45) is 10.9 Å². The Morgan fingerprint density at radius 1 is 1.14 bits per heavy atom. The molecule has 3 heterocycles. The quantitative estimate of drug-likeness (QED) is 0.531. The van der Waals surface area contributed by atoms with Gasteiger partial charge in [-0.1, -0.05) is 24.3 Å². The number of carbonyl (C=O) groups is 1. The van der Waals surface area contributed by atoms with Crippen molar-refractivity contribution in [2.75, 3.05) is 54.9 Å². The first-order chi connectivity index (χ1) is 17.1. The number of nitrogens with one attached hydrogen (secondary N) is 2. The van der Waals surface area contributed by atoms with Gasteiger partial charge in [-0.05, 0) is 44.1 Å². The van der Waals surface area contributed by atoms with Gasteiger partial charge in [0.1, 0.15) is 5.82 Å². The molecule has 35 heavy (non-hydrogen) atoms. The zero-order chi connectivity index (χ0) is 24.6. The van der Waals surface area contributed by atoms with E-state index in [0.29, 0.717) is 36.5 Å². The molecular weight excluding hydrogens is 444 g/mol. The maximum absolute atomic E-state index is 12.6. The van der Waals surface area contributed by atoms with Crippen molar-refractivity contribution in [3.05, 3.63) is 54.1 Å². The summed E-state index contributed by atoms with van der Waals surface area (Å²) in [5, 5.41) is 15.3. The van der Waals surface area contributed by atoms with Crippen molar-refractivity contribution >= 4 is 35.3 Å². The van der Waals surface area contributed by atoms with Crippen molar-refractivity contribution in [1.82, 2.24) is 19.9 Å². The van der Waals surface area contributed by atoms with Crippen molar-refractivity contribution in [3.8, 4) is 0 Å². The van der Waals surface area contributed by atoms with Gasteiger partial charge in [0.2, 0.25) is 17.8 Å². The number of hydrogen-bond acceptors (Lipinski definition) is 9. The van der Waals surface area contributed by atoms with E-state index in [4.69, 9.17) is 0 Å². The summed E-state index contributed by atoms with van der Waals surface area (Å²) in [6, 6.07) is 9.39. The van der Waals surface area contributed by atoms with Gasteiger partial charge in [0.25, 0.3) is 0 Å². The number of piperazine rings is 1. The first-order valence-electron chi connectivity index (χ1n) is 11.9. The van der Waals surface area contributed by atoms with Crippen LogP contribution in [0, 0.1) is 5.92 Å². The van der Waals surface area contributed by atoms with Gasteiger partial charge >= 0.3 is 0 Å². The number of nitrogens with zero attached hydrogens (tertiary/aromatic N) is 6. The number of aliphatic hydroxyl groups is 1. The maximum Gasteiger partial charge on any atom is 0.233 e. The number of hydrogen-bond donors (Lipinski definition) is 3. The summed E-state index contributed by atoms with van der Waals surface area (Å²) < 4.78 is 0. The van der Waals surface area contributed by atoms with Crippen LogP contribution in [0.5, 0.6) is 0 Å². The molecule has 1 fully saturated rings. The lowest BCUT2D eigenvalue weighted by atomic mass is 10.0. The third kappa shape index (κ3) is 6.49. The standard InChI is InChI=1S/C25H32N8O2/c1-3-18(2)22-29-24(31-25(30-22)33-13-11-32(12-14-33)15-16-34)28-21-10-9-19(17-26-21)23(35)27-20-7-5-4-6-8-20/h3-8,10,17,19,34H,9,11-16H2,1-2H3,(H,27,35)(H,28,29,30,31)/b18-3+. The molecule has 2 aromatic rings. The van der Waals surface area contributed by atoms with Gasteiger partial charge in [-0.15, -0.1) is 0 Å². The minimum absolute atomic E-state index is 0.0935. The lowest BCUT2D eigenvalue weighted by Crippen LogP contribution is -2.47. The highest BCUT2D eigenvalue weighted by atomic mass is 16.3. The largest absolute Gasteiger partial charge is 0.395 e. The van der Waals surface area contributed by atoms with Crippen LogP contribution in [0.25, 0.3) is 5.57 Å². The molecule has 184 valence electrons. The Labute approximate surface area is 205 Å². The highest BCUT2D eigenvalue weighted by Crippen LogP contribution is 2.21. The monoisotopic (exact) mass is 476 g/mol. The van der Waals surface area contributed by atoms with E-state index in [-0.39, 0.29) is 18.4 Å². The molecule has 2 aliphatic rings. The molecule has 1 atom stereocenters. The van der Waals surface area contributed by atoms with Crippen LogP contribution < -0.4 is 15.5 Å². The van der Waals surface area contributed by atoms with Gasteiger partial charge in [-0.2, -0.15) is 15.0 Å². The van der Waals surface area contributed by atoms with E-state index in [9.17, 15) is 9.90 Å². The van der Waals surface area contributed by atoms with Crippen LogP contribution >= 0.6 is 0 Å². The van der Waals surface area contributed by atoms with Crippen molar-refractivity contribution in [3.63, 3.8) is 0 Å². The number of β-amino-alcohol motifs (C(OH)–C–C–N with tert-alkyl or cyclic N) is 1. The number of aliphatic hydroxyl groups excluding tert-OH is 1. The van der Waals surface area contributed by atoms with Crippen LogP contribution in [-0.2, 0) is 4.79 Å². The second kappa shape index (κ2) is 11.7. The lowest BCUT2D eigenvalue weighted by molar-refractivity contribution is -0.117. The van der Waals surface area contributed by atoms with Crippen LogP contribution in [0.1, 0.15) is 26.1 Å². The van der Waals surface area contributed by atoms with Crippen molar-refractivity contribution in [2.45, 2.75) is 20.3 Å². The zero-order valence-electron chi connectivity index (χ0n) is 20.2. The molecule has 0 radical (unpaired) electrons. The molecule has 3 N–H and O–H groups in total. The summed E-state index contributed by atoms with van der Waals surface area (Å²) in [7, 11) is 0. The van der Waals surface area contributed by atoms with Gasteiger partial charge in [0, 0.05) is 44.6 Å². The molecule has 0 spiro atoms. The molecule has 1 aromatic heterocycles. The molecule has 0 aliphatic carbocycles. The van der Waals surface area contributed by atoms with E-state index < -0.39 is 0 Å². The number of aromatic nitrogens is 3. The number of aliphatic imine (C=N–C) groups is 1. The first kappa shape index (κ1) is 24.5. The average molecular weight is 477 g/mol. The fourth-order valence-corrected chi connectivity index (χ4v) is 3.83. The van der Waals surface area contributed by atoms with Gasteiger partial charge < -0.3 is 20.6 Å². The van der Waals surface area contributed by atoms with Crippen LogP contribution in [0.4, 0.5) is 17.6 Å². The number of carbonyl (C=O) groups excluding carboxylic acids is 1. The Bertz CT molecular complexity index is 1110. The second-order valence-corrected chi connectivity index (χ2v) is 8.50. The topological polar surface area (TPSA) is 119 Å². The molecular formula is C25H32N8O2. The van der Waals surface area contributed by atoms with E-state index in [0.717, 1.165) is 37.4 Å². The van der Waals surface area contributed by atoms with Crippen LogP contribution in [0.2, 0.25) is 0 Å². The summed E-state index contributed by atoms with van der Waals surface area (Å²) in [4.78, 5) is 35.3. The molecule has 4 rings (SSSR count). The number of amides is 1. The van der Waals surface area contributed by atoms with Crippen LogP contribution in [0.3, 0.4) is 0 Å². The van der Waals surface area contributed by atoms with Gasteiger partial charge in [-0.25, -0.2) is 4.99 Å². The van der Waals surface area contributed by atoms with Crippen molar-refractivity contribution in [1.29, 1.82) is 0 Å². The fraction of sp³-hybridized carbons (Fsp3) is 0.400. The Balaban J connectivity index is 1.43. The van der Waals surface area contributed by atoms with E-state index in [1.165, 1.54) is 0 Å². The molecule has 1 saturated heterocycles. The Hall–Kier alpha value is -3.63. The Morgan fingerprint density at radius 2 is 1.91 bits per heavy atom. The fourth-order valence-electron chi connectivity index (χ4n) is 3.83. The Kier molecular flexibility index (Phi) is 8.17. The number of para-hydroxylation sites is 1. The number of rotatable bonds is 8. The van der Waals surface area contributed by atoms with Gasteiger partial charge in [0.15, 0.2) is 5.82 Å². The van der Waals surface area contributed by atoms with E-state index in [2.05, 4.69) is 40.4 Å². The average Bonchev–Trinajstić information content (AvgIpc) is 2.89. The molecule has 1 amide bonds. The third-order valence-corrected chi connectivity index (χ3v) is 6.06. The van der Waals surface area contributed by atoms with Crippen molar-refractivity contribution < 1.29 is 9.90 Å². The third-order valence-electron chi connectivity index (χ3n) is 6.06. The number of benzene rings is 1. The molecule has 0 saturated carbocycles. The number of anilines is 3. The molecule has 1 unspecified atom stereocenters. The van der Waals surface area contributed by atoms with Crippen LogP contribution in [0.15, 0.2) is 53.3 Å². The number of allylic oxidation sites excluding steroid dienone is 3. The second-order valence-electron chi connectivity index (χ2n) is 8.50. The lowest BCUT2D eigenvalue weighted by Gasteiger charge is -2.34. The summed E-state index contributed by atoms with van der Waals surface area (Å²) in [5.41, 5.74) is 1.72. The molecule has 2 aliphatic heterocycles. The highest BCUT2D eigenvalue weighted by Gasteiger charge is 2.22. The SMILES string of the molecule is C/C=C(\C)c1nc(NC2=CCC(C(=O)Nc3ccccc3)C=N2)nc(N2CCN(CCO)CC2)n1. The summed E-state index contributed by atoms with van der Waals surface area (Å²) >= 11 is 0. The van der Waals surface area contributed by atoms with Crippen LogP contribution in [-0.4, -0.2) is 76.4 Å². The van der Waals surface area contributed by atoms with Gasteiger partial charge in [0.05, 0.1) is 12.5 Å². The molecule has 0 bridgehead atoms. The maximum atomic E-state index is 12.6. The highest BCUT2D eigenvalue weighted by molar-refractivity contribution is 6.02. The minimum atomic E-state index is -0.342. The molecule has 1 aromatic carbocycles. The summed E-state index contributed by atoms with van der Waals surface area (Å²) in [6.07, 6.45) is 6.03. The van der Waals surface area contributed by atoms with E-state index in [1.54, 1.807) is 6.21 Å². The first-order valence-corrected chi connectivity index (χ1v) is 11.9. The zero-order valence-corrected chi connectivity index (χ0v) is 20.2. The van der Waals surface area contributed by atoms with Gasteiger partial charge in [-0.3, -0.25) is 9.69 Å². The summed E-state index contributed by atoms with van der Waals surface area (Å²) in [5.74, 6) is 1.80.